The summed E-state index contributed by atoms with van der Waals surface area (Å²) in [7, 11) is 0. The Bertz CT molecular complexity index is 698. The molecule has 0 saturated heterocycles. The highest BCUT2D eigenvalue weighted by Crippen LogP contribution is 2.27. The van der Waals surface area contributed by atoms with Gasteiger partial charge in [-0.15, -0.1) is 0 Å². The molecule has 0 aliphatic carbocycles. The quantitative estimate of drug-likeness (QED) is 0.336. The van der Waals surface area contributed by atoms with Crippen LogP contribution in [0.1, 0.15) is 31.7 Å². The van der Waals surface area contributed by atoms with Gasteiger partial charge in [0.1, 0.15) is 5.75 Å². The fraction of sp³-hybridized carbons (Fsp3) is 0.381. The molecule has 0 atom stereocenters. The molecule has 0 aliphatic heterocycles. The van der Waals surface area contributed by atoms with Crippen LogP contribution in [0.15, 0.2) is 48.5 Å². The zero-order valence-corrected chi connectivity index (χ0v) is 18.1. The van der Waals surface area contributed by atoms with Crippen LogP contribution in [-0.2, 0) is 5.75 Å². The smallest absolute Gasteiger partial charge is 0.170 e. The van der Waals surface area contributed by atoms with Crippen molar-refractivity contribution in [1.82, 2.24) is 5.32 Å². The number of benzene rings is 2. The molecule has 0 aliphatic rings. The number of anilines is 1. The third kappa shape index (κ3) is 8.87. The second kappa shape index (κ2) is 12.9. The predicted molar refractivity (Wildman–Crippen MR) is 123 cm³/mol. The lowest BCUT2D eigenvalue weighted by molar-refractivity contribution is 0.306. The molecule has 0 heterocycles. The molecule has 2 aromatic carbocycles. The summed E-state index contributed by atoms with van der Waals surface area (Å²) in [5, 5.41) is 7.73. The fourth-order valence-corrected chi connectivity index (χ4v) is 3.69. The fourth-order valence-electron chi connectivity index (χ4n) is 2.41. The van der Waals surface area contributed by atoms with E-state index >= 15 is 0 Å². The van der Waals surface area contributed by atoms with Gasteiger partial charge in [0.2, 0.25) is 0 Å². The molecule has 2 rings (SSSR count). The molecule has 0 saturated carbocycles. The van der Waals surface area contributed by atoms with Crippen molar-refractivity contribution in [2.45, 2.75) is 31.9 Å². The van der Waals surface area contributed by atoms with E-state index in [2.05, 4.69) is 23.6 Å². The van der Waals surface area contributed by atoms with Gasteiger partial charge in [-0.3, -0.25) is 0 Å². The van der Waals surface area contributed by atoms with Crippen LogP contribution in [0.4, 0.5) is 5.69 Å². The first-order valence-corrected chi connectivity index (χ1v) is 11.2. The highest BCUT2D eigenvalue weighted by atomic mass is 35.5. The van der Waals surface area contributed by atoms with Gasteiger partial charge in [0.25, 0.3) is 0 Å². The van der Waals surface area contributed by atoms with E-state index in [1.165, 1.54) is 18.4 Å². The SMILES string of the molecule is CCCCCOc1ccc(CSCCNC(=S)Nc2ccccc2)cc1Cl. The van der Waals surface area contributed by atoms with Crippen LogP contribution >= 0.6 is 35.6 Å². The van der Waals surface area contributed by atoms with Crippen molar-refractivity contribution in [3.05, 3.63) is 59.1 Å². The van der Waals surface area contributed by atoms with Gasteiger partial charge in [0.05, 0.1) is 11.6 Å². The average Bonchev–Trinajstić information content (AvgIpc) is 2.67. The molecule has 0 spiro atoms. The maximum absolute atomic E-state index is 6.33. The van der Waals surface area contributed by atoms with Gasteiger partial charge in [-0.25, -0.2) is 0 Å². The Labute approximate surface area is 177 Å². The highest BCUT2D eigenvalue weighted by molar-refractivity contribution is 7.98. The zero-order valence-electron chi connectivity index (χ0n) is 15.7. The number of ether oxygens (including phenoxy) is 1. The second-order valence-electron chi connectivity index (χ2n) is 6.12. The molecule has 0 unspecified atom stereocenters. The van der Waals surface area contributed by atoms with Crippen molar-refractivity contribution >= 4 is 46.4 Å². The minimum atomic E-state index is 0.648. The molecule has 2 N–H and O–H groups in total. The Balaban J connectivity index is 1.62. The van der Waals surface area contributed by atoms with Gasteiger partial charge < -0.3 is 15.4 Å². The first-order valence-electron chi connectivity index (χ1n) is 9.28. The second-order valence-corrected chi connectivity index (χ2v) is 8.04. The van der Waals surface area contributed by atoms with E-state index in [0.29, 0.717) is 10.1 Å². The topological polar surface area (TPSA) is 33.3 Å². The Kier molecular flexibility index (Phi) is 10.4. The molecule has 0 amide bonds. The summed E-state index contributed by atoms with van der Waals surface area (Å²) in [4.78, 5) is 0. The molecule has 146 valence electrons. The van der Waals surface area contributed by atoms with Gasteiger partial charge in [0, 0.05) is 23.7 Å². The molecule has 2 aromatic rings. The van der Waals surface area contributed by atoms with Gasteiger partial charge in [-0.1, -0.05) is 55.6 Å². The molecule has 3 nitrogen and oxygen atoms in total. The molecule has 0 bridgehead atoms. The van der Waals surface area contributed by atoms with E-state index < -0.39 is 0 Å². The van der Waals surface area contributed by atoms with Crippen molar-refractivity contribution in [2.75, 3.05) is 24.2 Å². The van der Waals surface area contributed by atoms with E-state index in [0.717, 1.165) is 42.5 Å². The maximum atomic E-state index is 6.33. The van der Waals surface area contributed by atoms with Crippen LogP contribution in [0.25, 0.3) is 0 Å². The molecule has 0 aromatic heterocycles. The van der Waals surface area contributed by atoms with Gasteiger partial charge in [-0.05, 0) is 48.5 Å². The van der Waals surface area contributed by atoms with Crippen molar-refractivity contribution < 1.29 is 4.74 Å². The molecular weight excluding hydrogens is 396 g/mol. The molecule has 0 radical (unpaired) electrons. The number of rotatable bonds is 11. The van der Waals surface area contributed by atoms with Crippen molar-refractivity contribution in [1.29, 1.82) is 0 Å². The third-order valence-corrected chi connectivity index (χ3v) is 5.41. The standard InChI is InChI=1S/C21H27ClN2OS2/c1-2-3-7-13-25-20-11-10-17(15-19(20)22)16-27-14-12-23-21(26)24-18-8-5-4-6-9-18/h4-6,8-11,15H,2-3,7,12-14,16H2,1H3,(H2,23,24,26). The van der Waals surface area contributed by atoms with Crippen LogP contribution in [-0.4, -0.2) is 24.0 Å². The minimum absolute atomic E-state index is 0.648. The van der Waals surface area contributed by atoms with Crippen molar-refractivity contribution in [2.24, 2.45) is 0 Å². The van der Waals surface area contributed by atoms with Gasteiger partial charge in [-0.2, -0.15) is 11.8 Å². The molecular formula is C21H27ClN2OS2. The first-order chi connectivity index (χ1) is 13.2. The number of nitrogens with one attached hydrogen (secondary N) is 2. The lowest BCUT2D eigenvalue weighted by atomic mass is 10.2. The van der Waals surface area contributed by atoms with Crippen molar-refractivity contribution in [3.8, 4) is 5.75 Å². The Morgan fingerprint density at radius 3 is 2.70 bits per heavy atom. The average molecular weight is 423 g/mol. The summed E-state index contributed by atoms with van der Waals surface area (Å²) in [6.45, 7) is 3.72. The normalized spacial score (nSPS) is 10.4. The number of hydrogen-bond acceptors (Lipinski definition) is 3. The third-order valence-electron chi connectivity index (χ3n) is 3.83. The number of hydrogen-bond donors (Lipinski definition) is 2. The van der Waals surface area contributed by atoms with Crippen molar-refractivity contribution in [3.63, 3.8) is 0 Å². The molecule has 0 fully saturated rings. The van der Waals surface area contributed by atoms with Crippen LogP contribution < -0.4 is 15.4 Å². The van der Waals surface area contributed by atoms with Gasteiger partial charge >= 0.3 is 0 Å². The zero-order chi connectivity index (χ0) is 19.3. The summed E-state index contributed by atoms with van der Waals surface area (Å²) < 4.78 is 5.74. The van der Waals surface area contributed by atoms with E-state index in [9.17, 15) is 0 Å². The lowest BCUT2D eigenvalue weighted by Crippen LogP contribution is -2.30. The summed E-state index contributed by atoms with van der Waals surface area (Å²) in [5.74, 6) is 2.65. The minimum Gasteiger partial charge on any atom is -0.492 e. The van der Waals surface area contributed by atoms with E-state index in [1.54, 1.807) is 0 Å². The summed E-state index contributed by atoms with van der Waals surface area (Å²) in [6.07, 6.45) is 3.44. The lowest BCUT2D eigenvalue weighted by Gasteiger charge is -2.11. The molecule has 27 heavy (non-hydrogen) atoms. The van der Waals surface area contributed by atoms with Crippen LogP contribution in [0.2, 0.25) is 5.02 Å². The van der Waals surface area contributed by atoms with E-state index in [1.807, 2.05) is 54.2 Å². The Morgan fingerprint density at radius 1 is 1.15 bits per heavy atom. The summed E-state index contributed by atoms with van der Waals surface area (Å²) in [5.41, 5.74) is 2.20. The maximum Gasteiger partial charge on any atom is 0.170 e. The number of para-hydroxylation sites is 1. The largest absolute Gasteiger partial charge is 0.492 e. The number of unbranched alkanes of at least 4 members (excludes halogenated alkanes) is 2. The Hall–Kier alpha value is -1.43. The number of halogens is 1. The Morgan fingerprint density at radius 2 is 1.96 bits per heavy atom. The van der Waals surface area contributed by atoms with Crippen LogP contribution in [0, 0.1) is 0 Å². The summed E-state index contributed by atoms with van der Waals surface area (Å²) >= 11 is 13.5. The van der Waals surface area contributed by atoms with E-state index in [4.69, 9.17) is 28.6 Å². The van der Waals surface area contributed by atoms with Crippen LogP contribution in [0.3, 0.4) is 0 Å². The number of thiocarbonyl (C=S) groups is 1. The highest BCUT2D eigenvalue weighted by Gasteiger charge is 2.04. The van der Waals surface area contributed by atoms with Gasteiger partial charge in [0.15, 0.2) is 5.11 Å². The van der Waals surface area contributed by atoms with E-state index in [-0.39, 0.29) is 0 Å². The summed E-state index contributed by atoms with van der Waals surface area (Å²) in [6, 6.07) is 16.0. The molecule has 6 heteroatoms. The number of thioether (sulfide) groups is 1. The predicted octanol–water partition coefficient (Wildman–Crippen LogP) is 6.13. The first kappa shape index (κ1) is 21.9. The monoisotopic (exact) mass is 422 g/mol. The van der Waals surface area contributed by atoms with Crippen LogP contribution in [0.5, 0.6) is 5.75 Å².